The number of halogens is 2. The van der Waals surface area contributed by atoms with Crippen LogP contribution in [0.1, 0.15) is 43.6 Å². The molecule has 240 valence electrons. The van der Waals surface area contributed by atoms with Gasteiger partial charge in [-0.3, -0.25) is 13.9 Å². The molecule has 1 amide bonds. The predicted molar refractivity (Wildman–Crippen MR) is 173 cm³/mol. The quantitative estimate of drug-likeness (QED) is 0.378. The van der Waals surface area contributed by atoms with Crippen molar-refractivity contribution in [2.45, 2.75) is 49.0 Å². The van der Waals surface area contributed by atoms with E-state index in [2.05, 4.69) is 10.2 Å². The van der Waals surface area contributed by atoms with E-state index in [1.54, 1.807) is 47.4 Å². The fraction of sp³-hybridized carbons (Fsp3) is 0.424. The van der Waals surface area contributed by atoms with Crippen molar-refractivity contribution >= 4 is 51.8 Å². The van der Waals surface area contributed by atoms with Gasteiger partial charge in [0.2, 0.25) is 5.91 Å². The Balaban J connectivity index is 1.56. The van der Waals surface area contributed by atoms with Crippen molar-refractivity contribution in [3.8, 4) is 0 Å². The molecular formula is C33H37Cl2N3O6S. The van der Waals surface area contributed by atoms with E-state index in [9.17, 15) is 18.6 Å². The number of hydrogen-bond donors (Lipinski definition) is 1. The predicted octanol–water partition coefficient (Wildman–Crippen LogP) is 4.82. The highest BCUT2D eigenvalue weighted by Crippen LogP contribution is 2.45. The molecule has 5 rings (SSSR count). The molecule has 0 bridgehead atoms. The number of amides is 1. The van der Waals surface area contributed by atoms with Crippen molar-refractivity contribution in [2.75, 3.05) is 46.2 Å². The number of carbonyl (C=O) groups excluding carboxylic acids is 3. The molecule has 1 saturated heterocycles. The highest BCUT2D eigenvalue weighted by Gasteiger charge is 2.42. The first-order valence-corrected chi connectivity index (χ1v) is 17.1. The number of esters is 2. The summed E-state index contributed by atoms with van der Waals surface area (Å²) in [5, 5.41) is 3.57. The maximum absolute atomic E-state index is 13.8. The molecule has 2 aliphatic heterocycles. The summed E-state index contributed by atoms with van der Waals surface area (Å²) in [6.07, 6.45) is 4.70. The molecule has 0 radical (unpaired) electrons. The topological polar surface area (TPSA) is 105 Å². The molecule has 2 fully saturated rings. The van der Waals surface area contributed by atoms with Crippen LogP contribution in [0.3, 0.4) is 0 Å². The second kappa shape index (κ2) is 14.9. The molecule has 9 nitrogen and oxygen atoms in total. The fourth-order valence-corrected chi connectivity index (χ4v) is 8.23. The van der Waals surface area contributed by atoms with Crippen LogP contribution in [-0.4, -0.2) is 84.0 Å². The van der Waals surface area contributed by atoms with Crippen molar-refractivity contribution in [1.29, 1.82) is 0 Å². The maximum atomic E-state index is 13.8. The first-order valence-electron chi connectivity index (χ1n) is 15.0. The number of methoxy groups -OCH3 is 2. The summed E-state index contributed by atoms with van der Waals surface area (Å²) >= 11 is 13.4. The summed E-state index contributed by atoms with van der Waals surface area (Å²) in [5.74, 6) is -2.99. The van der Waals surface area contributed by atoms with Gasteiger partial charge in [0.05, 0.1) is 54.3 Å². The summed E-state index contributed by atoms with van der Waals surface area (Å²) in [5.41, 5.74) is 0.783. The normalized spacial score (nSPS) is 20.2. The molecule has 12 heteroatoms. The highest BCUT2D eigenvalue weighted by atomic mass is 35.5. The third-order valence-corrected chi connectivity index (χ3v) is 10.8. The zero-order valence-corrected chi connectivity index (χ0v) is 27.7. The lowest BCUT2D eigenvalue weighted by Gasteiger charge is -2.38. The van der Waals surface area contributed by atoms with Gasteiger partial charge in [-0.05, 0) is 37.1 Å². The fourth-order valence-electron chi connectivity index (χ4n) is 6.50. The van der Waals surface area contributed by atoms with Gasteiger partial charge in [0, 0.05) is 64.1 Å². The summed E-state index contributed by atoms with van der Waals surface area (Å²) in [6.45, 7) is 2.73. The van der Waals surface area contributed by atoms with Gasteiger partial charge < -0.3 is 19.7 Å². The smallest absolute Gasteiger partial charge is 0.336 e. The molecule has 1 saturated carbocycles. The minimum Gasteiger partial charge on any atom is -0.466 e. The Bertz CT molecular complexity index is 1510. The van der Waals surface area contributed by atoms with Gasteiger partial charge in [0.25, 0.3) is 0 Å². The highest BCUT2D eigenvalue weighted by molar-refractivity contribution is 7.85. The zero-order chi connectivity index (χ0) is 32.1. The summed E-state index contributed by atoms with van der Waals surface area (Å²) in [6, 6.07) is 14.2. The van der Waals surface area contributed by atoms with E-state index in [0.29, 0.717) is 24.0 Å². The molecule has 2 heterocycles. The Morgan fingerprint density at radius 1 is 0.844 bits per heavy atom. The number of benzene rings is 2. The molecule has 45 heavy (non-hydrogen) atoms. The van der Waals surface area contributed by atoms with Crippen LogP contribution in [-0.2, 0) is 34.7 Å². The molecule has 3 aliphatic rings. The number of hydrogen-bond acceptors (Lipinski definition) is 8. The molecule has 0 aromatic heterocycles. The van der Waals surface area contributed by atoms with E-state index in [4.69, 9.17) is 32.7 Å². The number of nitrogens with zero attached hydrogens (tertiary/aromatic N) is 2. The average molecular weight is 675 g/mol. The largest absolute Gasteiger partial charge is 0.466 e. The third-order valence-electron chi connectivity index (χ3n) is 8.75. The number of ether oxygens (including phenoxy) is 2. The SMILES string of the molecule is COC(=O)C1=C(CC(=O)N2CCN(C3CCCC3)CC2)NC(C[S@](=O)c2ccccc2)=C(C(=O)OC)[C@H]1c1c(Cl)cccc1Cl. The average Bonchev–Trinajstić information content (AvgIpc) is 3.60. The number of piperazine rings is 1. The van der Waals surface area contributed by atoms with E-state index >= 15 is 0 Å². The zero-order valence-electron chi connectivity index (χ0n) is 25.4. The van der Waals surface area contributed by atoms with Crippen LogP contribution in [0.4, 0.5) is 0 Å². The molecule has 0 unspecified atom stereocenters. The van der Waals surface area contributed by atoms with Crippen LogP contribution in [0.2, 0.25) is 10.0 Å². The van der Waals surface area contributed by atoms with Crippen molar-refractivity contribution in [1.82, 2.24) is 15.1 Å². The van der Waals surface area contributed by atoms with Gasteiger partial charge in [-0.15, -0.1) is 0 Å². The van der Waals surface area contributed by atoms with E-state index in [0.717, 1.165) is 13.1 Å². The second-order valence-electron chi connectivity index (χ2n) is 11.3. The van der Waals surface area contributed by atoms with Crippen LogP contribution in [0, 0.1) is 0 Å². The molecule has 1 aliphatic carbocycles. The number of carbonyl (C=O) groups is 3. The number of rotatable bonds is 9. The van der Waals surface area contributed by atoms with Crippen molar-refractivity contribution in [2.24, 2.45) is 0 Å². The van der Waals surface area contributed by atoms with Gasteiger partial charge in [0.1, 0.15) is 0 Å². The van der Waals surface area contributed by atoms with E-state index in [1.807, 2.05) is 6.07 Å². The van der Waals surface area contributed by atoms with Gasteiger partial charge in [0.15, 0.2) is 0 Å². The Kier molecular flexibility index (Phi) is 11.0. The van der Waals surface area contributed by atoms with Crippen molar-refractivity contribution in [3.05, 3.63) is 86.7 Å². The summed E-state index contributed by atoms with van der Waals surface area (Å²) in [4.78, 5) is 45.7. The Morgan fingerprint density at radius 3 is 2.00 bits per heavy atom. The first-order chi connectivity index (χ1) is 21.7. The first kappa shape index (κ1) is 33.2. The third kappa shape index (κ3) is 7.30. The second-order valence-corrected chi connectivity index (χ2v) is 13.6. The van der Waals surface area contributed by atoms with Crippen LogP contribution in [0.25, 0.3) is 0 Å². The lowest BCUT2D eigenvalue weighted by atomic mass is 9.79. The van der Waals surface area contributed by atoms with Gasteiger partial charge >= 0.3 is 11.9 Å². The number of dihydropyridines is 1. The molecule has 0 spiro atoms. The Hall–Kier alpha value is -3.18. The maximum Gasteiger partial charge on any atom is 0.336 e. The van der Waals surface area contributed by atoms with Crippen LogP contribution in [0.5, 0.6) is 0 Å². The Morgan fingerprint density at radius 2 is 1.42 bits per heavy atom. The summed E-state index contributed by atoms with van der Waals surface area (Å²) < 4.78 is 24.0. The minimum atomic E-state index is -1.60. The van der Waals surface area contributed by atoms with Gasteiger partial charge in [-0.2, -0.15) is 0 Å². The molecule has 2 aromatic carbocycles. The minimum absolute atomic E-state index is 0.0126. The molecule has 2 atom stereocenters. The molecule has 1 N–H and O–H groups in total. The van der Waals surface area contributed by atoms with E-state index in [1.165, 1.54) is 39.9 Å². The molecule has 2 aromatic rings. The lowest BCUT2D eigenvalue weighted by Crippen LogP contribution is -2.51. The lowest BCUT2D eigenvalue weighted by molar-refractivity contribution is -0.137. The standard InChI is InChI=1S/C33H37Cl2N3O6S/c1-43-32(40)29-25(19-27(39)38-17-15-37(16-18-38)21-9-6-7-10-21)36-26(20-45(42)22-11-4-3-5-12-22)30(33(41)44-2)31(29)28-23(34)13-8-14-24(28)35/h3-5,8,11-14,21,31,36H,6-7,9-10,15-20H2,1-2H3/t31-,45-/m0/s1. The van der Waals surface area contributed by atoms with E-state index < -0.39 is 28.7 Å². The van der Waals surface area contributed by atoms with Crippen molar-refractivity contribution in [3.63, 3.8) is 0 Å². The van der Waals surface area contributed by atoms with Crippen LogP contribution < -0.4 is 5.32 Å². The molecular weight excluding hydrogens is 637 g/mol. The van der Waals surface area contributed by atoms with E-state index in [-0.39, 0.29) is 56.2 Å². The van der Waals surface area contributed by atoms with Crippen LogP contribution >= 0.6 is 23.2 Å². The van der Waals surface area contributed by atoms with Crippen LogP contribution in [0.15, 0.2) is 76.0 Å². The van der Waals surface area contributed by atoms with Crippen molar-refractivity contribution < 1.29 is 28.1 Å². The van der Waals surface area contributed by atoms with Gasteiger partial charge in [-0.25, -0.2) is 9.59 Å². The monoisotopic (exact) mass is 673 g/mol. The Labute approximate surface area is 276 Å². The summed E-state index contributed by atoms with van der Waals surface area (Å²) in [7, 11) is 0.849. The number of nitrogens with one attached hydrogen (secondary N) is 1. The van der Waals surface area contributed by atoms with Gasteiger partial charge in [-0.1, -0.05) is 60.3 Å².